The van der Waals surface area contributed by atoms with E-state index in [1.54, 1.807) is 12.1 Å². The van der Waals surface area contributed by atoms with Crippen LogP contribution in [0.2, 0.25) is 0 Å². The second-order valence-corrected chi connectivity index (χ2v) is 4.59. The molecule has 0 aromatic heterocycles. The summed E-state index contributed by atoms with van der Waals surface area (Å²) in [6, 6.07) is 7.13. The Morgan fingerprint density at radius 2 is 1.94 bits per heavy atom. The monoisotopic (exact) mass is 220 g/mol. The molecule has 1 aromatic rings. The lowest BCUT2D eigenvalue weighted by molar-refractivity contribution is 0.184. The lowest BCUT2D eigenvalue weighted by Gasteiger charge is -2.13. The molecule has 2 N–H and O–H groups in total. The molecular formula is C14H20O2. The number of rotatable bonds is 4. The zero-order chi connectivity index (χ0) is 12.1. The van der Waals surface area contributed by atoms with Crippen molar-refractivity contribution in [1.29, 1.82) is 0 Å². The van der Waals surface area contributed by atoms with E-state index in [-0.39, 0.29) is 5.75 Å². The minimum Gasteiger partial charge on any atom is -0.507 e. The van der Waals surface area contributed by atoms with E-state index >= 15 is 0 Å². The minimum atomic E-state index is -0.431. The predicted octanol–water partition coefficient (Wildman–Crippen LogP) is 3.20. The van der Waals surface area contributed by atoms with Crippen LogP contribution in [0, 0.1) is 5.92 Å². The van der Waals surface area contributed by atoms with Gasteiger partial charge in [0.2, 0.25) is 0 Å². The van der Waals surface area contributed by atoms with Crippen molar-refractivity contribution in [2.45, 2.75) is 33.3 Å². The quantitative estimate of drug-likeness (QED) is 0.818. The Kier molecular flexibility index (Phi) is 4.56. The van der Waals surface area contributed by atoms with Gasteiger partial charge in [-0.25, -0.2) is 0 Å². The van der Waals surface area contributed by atoms with Gasteiger partial charge in [-0.05, 0) is 37.0 Å². The maximum absolute atomic E-state index is 9.89. The van der Waals surface area contributed by atoms with Crippen molar-refractivity contribution < 1.29 is 10.2 Å². The summed E-state index contributed by atoms with van der Waals surface area (Å²) in [5, 5.41) is 19.5. The second-order valence-electron chi connectivity index (χ2n) is 4.59. The van der Waals surface area contributed by atoms with Crippen LogP contribution in [0.25, 0.3) is 6.08 Å². The fourth-order valence-corrected chi connectivity index (χ4v) is 1.58. The summed E-state index contributed by atoms with van der Waals surface area (Å²) in [5.74, 6) is 0.710. The Hall–Kier alpha value is -1.28. The highest BCUT2D eigenvalue weighted by molar-refractivity contribution is 5.59. The summed E-state index contributed by atoms with van der Waals surface area (Å²) in [4.78, 5) is 0. The maximum atomic E-state index is 9.89. The van der Waals surface area contributed by atoms with Gasteiger partial charge in [0.1, 0.15) is 5.75 Å². The minimum absolute atomic E-state index is 0.249. The third kappa shape index (κ3) is 3.70. The third-order valence-electron chi connectivity index (χ3n) is 2.54. The predicted molar refractivity (Wildman–Crippen MR) is 67.2 cm³/mol. The molecule has 88 valence electrons. The highest BCUT2D eigenvalue weighted by Gasteiger charge is 2.09. The topological polar surface area (TPSA) is 40.5 Å². The van der Waals surface area contributed by atoms with Gasteiger partial charge in [0.05, 0.1) is 6.10 Å². The number of benzene rings is 1. The molecule has 0 spiro atoms. The Labute approximate surface area is 97.2 Å². The molecule has 1 unspecified atom stereocenters. The standard InChI is InChI=1S/C14H20O2/c1-10(2)8-14(16)11(3)9-12-6-4-5-7-13(12)15/h4-7,9-10,14-16H,8H2,1-3H3/b11-9-. The fraction of sp³-hybridized carbons (Fsp3) is 0.429. The second kappa shape index (κ2) is 5.71. The normalized spacial score (nSPS) is 14.2. The summed E-state index contributed by atoms with van der Waals surface area (Å²) in [6.07, 6.45) is 2.15. The molecule has 0 aliphatic carbocycles. The molecule has 0 aliphatic rings. The average molecular weight is 220 g/mol. The average Bonchev–Trinajstić information content (AvgIpc) is 2.20. The number of aromatic hydroxyl groups is 1. The van der Waals surface area contributed by atoms with Gasteiger partial charge >= 0.3 is 0 Å². The van der Waals surface area contributed by atoms with E-state index in [4.69, 9.17) is 0 Å². The van der Waals surface area contributed by atoms with Gasteiger partial charge in [-0.15, -0.1) is 0 Å². The van der Waals surface area contributed by atoms with Gasteiger partial charge in [-0.3, -0.25) is 0 Å². The van der Waals surface area contributed by atoms with Crippen LogP contribution >= 0.6 is 0 Å². The number of aliphatic hydroxyl groups is 1. The van der Waals surface area contributed by atoms with Crippen LogP contribution in [-0.4, -0.2) is 16.3 Å². The highest BCUT2D eigenvalue weighted by atomic mass is 16.3. The largest absolute Gasteiger partial charge is 0.507 e. The molecule has 2 nitrogen and oxygen atoms in total. The molecule has 0 saturated heterocycles. The smallest absolute Gasteiger partial charge is 0.122 e. The Bertz CT molecular complexity index is 367. The molecule has 2 heteroatoms. The van der Waals surface area contributed by atoms with Crippen molar-refractivity contribution in [3.63, 3.8) is 0 Å². The lowest BCUT2D eigenvalue weighted by Crippen LogP contribution is -2.11. The number of hydrogen-bond acceptors (Lipinski definition) is 2. The van der Waals surface area contributed by atoms with E-state index in [0.717, 1.165) is 17.6 Å². The van der Waals surface area contributed by atoms with Crippen LogP contribution in [0.15, 0.2) is 29.8 Å². The maximum Gasteiger partial charge on any atom is 0.122 e. The first kappa shape index (κ1) is 12.8. The van der Waals surface area contributed by atoms with Crippen LogP contribution in [0.4, 0.5) is 0 Å². The molecule has 0 heterocycles. The lowest BCUT2D eigenvalue weighted by atomic mass is 9.99. The summed E-state index contributed by atoms with van der Waals surface area (Å²) >= 11 is 0. The first-order valence-electron chi connectivity index (χ1n) is 5.65. The van der Waals surface area contributed by atoms with Crippen molar-refractivity contribution in [3.8, 4) is 5.75 Å². The molecule has 0 aliphatic heterocycles. The molecular weight excluding hydrogens is 200 g/mol. The van der Waals surface area contributed by atoms with E-state index in [1.807, 2.05) is 25.1 Å². The molecule has 0 bridgehead atoms. The van der Waals surface area contributed by atoms with Crippen molar-refractivity contribution in [1.82, 2.24) is 0 Å². The summed E-state index contributed by atoms with van der Waals surface area (Å²) in [7, 11) is 0. The van der Waals surface area contributed by atoms with E-state index in [0.29, 0.717) is 5.92 Å². The zero-order valence-corrected chi connectivity index (χ0v) is 10.1. The van der Waals surface area contributed by atoms with Gasteiger partial charge in [0.15, 0.2) is 0 Å². The van der Waals surface area contributed by atoms with Crippen molar-refractivity contribution in [2.75, 3.05) is 0 Å². The number of aliphatic hydroxyl groups excluding tert-OH is 1. The molecule has 1 atom stereocenters. The van der Waals surface area contributed by atoms with Gasteiger partial charge in [-0.2, -0.15) is 0 Å². The SMILES string of the molecule is C/C(=C/c1ccccc1O)C(O)CC(C)C. The molecule has 1 rings (SSSR count). The van der Waals surface area contributed by atoms with Crippen LogP contribution < -0.4 is 0 Å². The van der Waals surface area contributed by atoms with E-state index in [2.05, 4.69) is 13.8 Å². The van der Waals surface area contributed by atoms with Crippen LogP contribution in [0.3, 0.4) is 0 Å². The third-order valence-corrected chi connectivity index (χ3v) is 2.54. The summed E-state index contributed by atoms with van der Waals surface area (Å²) in [5.41, 5.74) is 1.64. The van der Waals surface area contributed by atoms with Gasteiger partial charge in [0, 0.05) is 5.56 Å². The Morgan fingerprint density at radius 1 is 1.31 bits per heavy atom. The number of phenolic OH excluding ortho intramolecular Hbond substituents is 1. The fourth-order valence-electron chi connectivity index (χ4n) is 1.58. The number of hydrogen-bond donors (Lipinski definition) is 2. The zero-order valence-electron chi connectivity index (χ0n) is 10.1. The molecule has 0 saturated carbocycles. The first-order valence-corrected chi connectivity index (χ1v) is 5.65. The Balaban J connectivity index is 2.80. The highest BCUT2D eigenvalue weighted by Crippen LogP contribution is 2.21. The molecule has 0 fully saturated rings. The number of para-hydroxylation sites is 1. The summed E-state index contributed by atoms with van der Waals surface area (Å²) in [6.45, 7) is 6.05. The summed E-state index contributed by atoms with van der Waals surface area (Å²) < 4.78 is 0. The van der Waals surface area contributed by atoms with Crippen LogP contribution in [0.1, 0.15) is 32.8 Å². The van der Waals surface area contributed by atoms with Crippen molar-refractivity contribution in [2.24, 2.45) is 5.92 Å². The van der Waals surface area contributed by atoms with E-state index < -0.39 is 6.10 Å². The van der Waals surface area contributed by atoms with Crippen molar-refractivity contribution in [3.05, 3.63) is 35.4 Å². The van der Waals surface area contributed by atoms with Crippen LogP contribution in [0.5, 0.6) is 5.75 Å². The van der Waals surface area contributed by atoms with Crippen molar-refractivity contribution >= 4 is 6.08 Å². The molecule has 0 radical (unpaired) electrons. The van der Waals surface area contributed by atoms with E-state index in [1.165, 1.54) is 0 Å². The van der Waals surface area contributed by atoms with Gasteiger partial charge in [0.25, 0.3) is 0 Å². The molecule has 16 heavy (non-hydrogen) atoms. The Morgan fingerprint density at radius 3 is 2.50 bits per heavy atom. The van der Waals surface area contributed by atoms with Gasteiger partial charge in [-0.1, -0.05) is 32.0 Å². The molecule has 1 aromatic carbocycles. The van der Waals surface area contributed by atoms with E-state index in [9.17, 15) is 10.2 Å². The van der Waals surface area contributed by atoms with Gasteiger partial charge < -0.3 is 10.2 Å². The molecule has 0 amide bonds. The van der Waals surface area contributed by atoms with Crippen LogP contribution in [-0.2, 0) is 0 Å². The number of phenols is 1. The first-order chi connectivity index (χ1) is 7.50.